The summed E-state index contributed by atoms with van der Waals surface area (Å²) in [6.07, 6.45) is 0.965. The highest BCUT2D eigenvalue weighted by Crippen LogP contribution is 2.26. The molecule has 2 N–H and O–H groups in total. The number of anilines is 3. The molecule has 0 bridgehead atoms. The van der Waals surface area contributed by atoms with Gasteiger partial charge in [-0.3, -0.25) is 0 Å². The van der Waals surface area contributed by atoms with Crippen LogP contribution in [0.2, 0.25) is 0 Å². The van der Waals surface area contributed by atoms with Crippen LogP contribution in [0, 0.1) is 13.8 Å². The summed E-state index contributed by atoms with van der Waals surface area (Å²) in [7, 11) is 1.68. The van der Waals surface area contributed by atoms with Crippen LogP contribution in [-0.4, -0.2) is 17.1 Å². The van der Waals surface area contributed by atoms with Crippen molar-refractivity contribution < 1.29 is 4.74 Å². The second-order valence-electron chi connectivity index (χ2n) is 6.44. The third-order valence-electron chi connectivity index (χ3n) is 4.48. The van der Waals surface area contributed by atoms with Gasteiger partial charge in [0.15, 0.2) is 0 Å². The maximum Gasteiger partial charge on any atom is 0.136 e. The van der Waals surface area contributed by atoms with Gasteiger partial charge in [-0.25, -0.2) is 9.97 Å². The Kier molecular flexibility index (Phi) is 5.91. The van der Waals surface area contributed by atoms with Crippen LogP contribution in [0.4, 0.5) is 17.3 Å². The van der Waals surface area contributed by atoms with E-state index in [0.717, 1.165) is 35.1 Å². The molecule has 0 radical (unpaired) electrons. The number of benzene rings is 2. The number of hydrogen-bond donors (Lipinski definition) is 2. The summed E-state index contributed by atoms with van der Waals surface area (Å²) in [5.41, 5.74) is 4.68. The summed E-state index contributed by atoms with van der Waals surface area (Å²) in [6.45, 7) is 6.80. The molecule has 0 saturated heterocycles. The van der Waals surface area contributed by atoms with Crippen molar-refractivity contribution in [3.8, 4) is 5.75 Å². The smallest absolute Gasteiger partial charge is 0.136 e. The molecule has 0 fully saturated rings. The van der Waals surface area contributed by atoms with Crippen LogP contribution in [0.1, 0.15) is 29.4 Å². The van der Waals surface area contributed by atoms with Gasteiger partial charge in [0.1, 0.15) is 23.2 Å². The van der Waals surface area contributed by atoms with Gasteiger partial charge in [-0.15, -0.1) is 0 Å². The molecule has 0 atom stereocenters. The van der Waals surface area contributed by atoms with E-state index in [1.54, 1.807) is 7.11 Å². The van der Waals surface area contributed by atoms with E-state index in [1.807, 2.05) is 37.3 Å². The largest absolute Gasteiger partial charge is 0.496 e. The molecule has 3 aromatic rings. The molecule has 27 heavy (non-hydrogen) atoms. The van der Waals surface area contributed by atoms with Crippen molar-refractivity contribution in [1.82, 2.24) is 9.97 Å². The van der Waals surface area contributed by atoms with Crippen molar-refractivity contribution in [1.29, 1.82) is 0 Å². The molecule has 140 valence electrons. The molecule has 3 rings (SSSR count). The van der Waals surface area contributed by atoms with E-state index in [0.29, 0.717) is 12.4 Å². The number of hydrogen-bond acceptors (Lipinski definition) is 5. The van der Waals surface area contributed by atoms with Gasteiger partial charge in [0.05, 0.1) is 7.11 Å². The average molecular weight is 362 g/mol. The van der Waals surface area contributed by atoms with Gasteiger partial charge in [0.2, 0.25) is 0 Å². The third kappa shape index (κ3) is 4.56. The van der Waals surface area contributed by atoms with Gasteiger partial charge >= 0.3 is 0 Å². The first-order chi connectivity index (χ1) is 13.1. The minimum Gasteiger partial charge on any atom is -0.496 e. The quantitative estimate of drug-likeness (QED) is 0.618. The molecule has 0 spiro atoms. The van der Waals surface area contributed by atoms with Crippen LogP contribution in [-0.2, 0) is 13.0 Å². The zero-order valence-corrected chi connectivity index (χ0v) is 16.3. The lowest BCUT2D eigenvalue weighted by atomic mass is 10.1. The SMILES string of the molecule is CCc1cccc(C)c1Nc1cc(NCc2ccccc2OC)nc(C)n1. The lowest BCUT2D eigenvalue weighted by molar-refractivity contribution is 0.410. The first-order valence-electron chi connectivity index (χ1n) is 9.17. The number of para-hydroxylation sites is 2. The summed E-state index contributed by atoms with van der Waals surface area (Å²) in [5, 5.41) is 6.85. The topological polar surface area (TPSA) is 59.1 Å². The van der Waals surface area contributed by atoms with Crippen LogP contribution in [0.5, 0.6) is 5.75 Å². The Morgan fingerprint density at radius 1 is 0.926 bits per heavy atom. The second-order valence-corrected chi connectivity index (χ2v) is 6.44. The predicted octanol–water partition coefficient (Wildman–Crippen LogP) is 5.02. The number of aromatic nitrogens is 2. The first-order valence-corrected chi connectivity index (χ1v) is 9.17. The van der Waals surface area contributed by atoms with Crippen molar-refractivity contribution in [2.24, 2.45) is 0 Å². The maximum absolute atomic E-state index is 5.41. The maximum atomic E-state index is 5.41. The minimum atomic E-state index is 0.629. The van der Waals surface area contributed by atoms with E-state index >= 15 is 0 Å². The zero-order valence-electron chi connectivity index (χ0n) is 16.3. The summed E-state index contributed by atoms with van der Waals surface area (Å²) in [4.78, 5) is 9.06. The van der Waals surface area contributed by atoms with Gasteiger partial charge in [-0.2, -0.15) is 0 Å². The third-order valence-corrected chi connectivity index (χ3v) is 4.48. The highest BCUT2D eigenvalue weighted by atomic mass is 16.5. The molecule has 0 unspecified atom stereocenters. The summed E-state index contributed by atoms with van der Waals surface area (Å²) < 4.78 is 5.41. The van der Waals surface area contributed by atoms with E-state index < -0.39 is 0 Å². The Morgan fingerprint density at radius 3 is 2.44 bits per heavy atom. The standard InChI is InChI=1S/C22H26N4O/c1-5-17-11-8-9-15(2)22(17)26-21-13-20(24-16(3)25-21)23-14-18-10-6-7-12-19(18)27-4/h6-13H,5,14H2,1-4H3,(H2,23,24,25,26). The Balaban J connectivity index is 1.81. The molecule has 0 aliphatic heterocycles. The van der Waals surface area contributed by atoms with Crippen LogP contribution in [0.15, 0.2) is 48.5 Å². The van der Waals surface area contributed by atoms with E-state index in [-0.39, 0.29) is 0 Å². The van der Waals surface area contributed by atoms with E-state index in [1.165, 1.54) is 11.1 Å². The lowest BCUT2D eigenvalue weighted by Crippen LogP contribution is -2.07. The minimum absolute atomic E-state index is 0.629. The Bertz CT molecular complexity index is 924. The van der Waals surface area contributed by atoms with Crippen LogP contribution in [0.25, 0.3) is 0 Å². The average Bonchev–Trinajstić information content (AvgIpc) is 2.67. The number of aryl methyl sites for hydroxylation is 3. The van der Waals surface area contributed by atoms with E-state index in [4.69, 9.17) is 4.74 Å². The van der Waals surface area contributed by atoms with Gasteiger partial charge in [0.25, 0.3) is 0 Å². The van der Waals surface area contributed by atoms with Crippen LogP contribution in [0.3, 0.4) is 0 Å². The van der Waals surface area contributed by atoms with Gasteiger partial charge in [0, 0.05) is 23.9 Å². The van der Waals surface area contributed by atoms with Gasteiger partial charge in [-0.1, -0.05) is 43.3 Å². The molecule has 0 aliphatic carbocycles. The number of ether oxygens (including phenoxy) is 1. The monoisotopic (exact) mass is 362 g/mol. The number of rotatable bonds is 7. The molecule has 0 saturated carbocycles. The molecular weight excluding hydrogens is 336 g/mol. The highest BCUT2D eigenvalue weighted by molar-refractivity contribution is 5.66. The normalized spacial score (nSPS) is 10.5. The van der Waals surface area contributed by atoms with Crippen molar-refractivity contribution in [3.05, 3.63) is 71.0 Å². The molecule has 0 amide bonds. The molecule has 5 nitrogen and oxygen atoms in total. The molecule has 1 aromatic heterocycles. The van der Waals surface area contributed by atoms with Crippen molar-refractivity contribution >= 4 is 17.3 Å². The van der Waals surface area contributed by atoms with Crippen molar-refractivity contribution in [2.75, 3.05) is 17.7 Å². The summed E-state index contributed by atoms with van der Waals surface area (Å²) in [6, 6.07) is 16.2. The Morgan fingerprint density at radius 2 is 1.67 bits per heavy atom. The molecule has 2 aromatic carbocycles. The molecular formula is C22H26N4O. The van der Waals surface area contributed by atoms with E-state index in [9.17, 15) is 0 Å². The fourth-order valence-corrected chi connectivity index (χ4v) is 3.09. The fourth-order valence-electron chi connectivity index (χ4n) is 3.09. The number of nitrogens with zero attached hydrogens (tertiary/aromatic N) is 2. The van der Waals surface area contributed by atoms with E-state index in [2.05, 4.69) is 52.6 Å². The summed E-state index contributed by atoms with van der Waals surface area (Å²) in [5.74, 6) is 3.15. The molecule has 5 heteroatoms. The number of nitrogens with one attached hydrogen (secondary N) is 2. The van der Waals surface area contributed by atoms with Gasteiger partial charge in [-0.05, 0) is 37.5 Å². The second kappa shape index (κ2) is 8.54. The predicted molar refractivity (Wildman–Crippen MR) is 111 cm³/mol. The Hall–Kier alpha value is -3.08. The summed E-state index contributed by atoms with van der Waals surface area (Å²) >= 11 is 0. The van der Waals surface area contributed by atoms with Crippen molar-refractivity contribution in [2.45, 2.75) is 33.7 Å². The van der Waals surface area contributed by atoms with Crippen molar-refractivity contribution in [3.63, 3.8) is 0 Å². The van der Waals surface area contributed by atoms with Crippen LogP contribution < -0.4 is 15.4 Å². The number of methoxy groups -OCH3 is 1. The lowest BCUT2D eigenvalue weighted by Gasteiger charge is -2.15. The Labute approximate surface area is 160 Å². The molecule has 1 heterocycles. The zero-order chi connectivity index (χ0) is 19.2. The van der Waals surface area contributed by atoms with Gasteiger partial charge < -0.3 is 15.4 Å². The van der Waals surface area contributed by atoms with Crippen LogP contribution >= 0.6 is 0 Å². The molecule has 0 aliphatic rings. The fraction of sp³-hybridized carbons (Fsp3) is 0.273. The highest BCUT2D eigenvalue weighted by Gasteiger charge is 2.08. The first kappa shape index (κ1) is 18.7.